The summed E-state index contributed by atoms with van der Waals surface area (Å²) in [4.78, 5) is 17.0. The van der Waals surface area contributed by atoms with Crippen LogP contribution in [0, 0.1) is 0 Å². The van der Waals surface area contributed by atoms with Gasteiger partial charge in [0.2, 0.25) is 10.1 Å². The van der Waals surface area contributed by atoms with Crippen LogP contribution in [0.25, 0.3) is 4.96 Å². The molecule has 2 aromatic heterocycles. The van der Waals surface area contributed by atoms with E-state index in [1.807, 2.05) is 0 Å². The Hall–Kier alpha value is -1.47. The number of rotatable bonds is 7. The van der Waals surface area contributed by atoms with Crippen LogP contribution in [0.4, 0.5) is 5.13 Å². The first-order valence-electron chi connectivity index (χ1n) is 6.37. The summed E-state index contributed by atoms with van der Waals surface area (Å²) in [7, 11) is 1.68. The second-order valence-corrected chi connectivity index (χ2v) is 5.17. The van der Waals surface area contributed by atoms with Crippen molar-refractivity contribution < 1.29 is 4.74 Å². The van der Waals surface area contributed by atoms with Crippen LogP contribution in [0.1, 0.15) is 25.5 Å². The molecule has 19 heavy (non-hydrogen) atoms. The first-order valence-corrected chi connectivity index (χ1v) is 7.19. The standard InChI is InChI=1S/C12H18N4O2S/c1-3-5-9-8-10(17)16-12(14-9)19-11(15-16)13-6-4-7-18-2/h8H,3-7H2,1-2H3,(H,13,15). The molecule has 7 heteroatoms. The molecule has 0 aromatic carbocycles. The minimum atomic E-state index is -0.116. The molecule has 0 amide bonds. The fourth-order valence-corrected chi connectivity index (χ4v) is 2.57. The van der Waals surface area contributed by atoms with E-state index >= 15 is 0 Å². The zero-order chi connectivity index (χ0) is 13.7. The monoisotopic (exact) mass is 282 g/mol. The Morgan fingerprint density at radius 1 is 1.53 bits per heavy atom. The first-order chi connectivity index (χ1) is 9.24. The molecule has 0 fully saturated rings. The first kappa shape index (κ1) is 14.0. The lowest BCUT2D eigenvalue weighted by molar-refractivity contribution is 0.198. The fraction of sp³-hybridized carbons (Fsp3) is 0.583. The number of fused-ring (bicyclic) bond motifs is 1. The van der Waals surface area contributed by atoms with Crippen LogP contribution in [0.2, 0.25) is 0 Å². The van der Waals surface area contributed by atoms with Crippen molar-refractivity contribution in [2.24, 2.45) is 0 Å². The Kier molecular flexibility index (Phi) is 4.86. The van der Waals surface area contributed by atoms with Crippen molar-refractivity contribution >= 4 is 21.4 Å². The Labute approximate surface area is 115 Å². The minimum absolute atomic E-state index is 0.116. The van der Waals surface area contributed by atoms with Crippen LogP contribution in [0.15, 0.2) is 10.9 Å². The highest BCUT2D eigenvalue weighted by Gasteiger charge is 2.08. The number of anilines is 1. The molecular formula is C12H18N4O2S. The summed E-state index contributed by atoms with van der Waals surface area (Å²) in [6.45, 7) is 3.54. The summed E-state index contributed by atoms with van der Waals surface area (Å²) in [6, 6.07) is 1.56. The third-order valence-electron chi connectivity index (χ3n) is 2.61. The van der Waals surface area contributed by atoms with E-state index in [2.05, 4.69) is 22.3 Å². The van der Waals surface area contributed by atoms with Gasteiger partial charge in [-0.1, -0.05) is 24.7 Å². The maximum absolute atomic E-state index is 11.9. The van der Waals surface area contributed by atoms with Crippen LogP contribution >= 0.6 is 11.3 Å². The number of hydrogen-bond acceptors (Lipinski definition) is 6. The zero-order valence-corrected chi connectivity index (χ0v) is 12.0. The van der Waals surface area contributed by atoms with E-state index in [1.165, 1.54) is 15.9 Å². The Balaban J connectivity index is 2.15. The van der Waals surface area contributed by atoms with E-state index in [0.717, 1.165) is 31.5 Å². The number of nitrogens with zero attached hydrogens (tertiary/aromatic N) is 3. The van der Waals surface area contributed by atoms with Gasteiger partial charge in [0.05, 0.1) is 0 Å². The molecule has 2 rings (SSSR count). The predicted octanol–water partition coefficient (Wildman–Crippen LogP) is 1.55. The molecular weight excluding hydrogens is 264 g/mol. The van der Waals surface area contributed by atoms with E-state index in [1.54, 1.807) is 13.2 Å². The van der Waals surface area contributed by atoms with Crippen LogP contribution < -0.4 is 10.9 Å². The molecule has 0 radical (unpaired) electrons. The average Bonchev–Trinajstić information content (AvgIpc) is 2.79. The van der Waals surface area contributed by atoms with Crippen molar-refractivity contribution in [2.75, 3.05) is 25.6 Å². The largest absolute Gasteiger partial charge is 0.385 e. The number of ether oxygens (including phenoxy) is 1. The summed E-state index contributed by atoms with van der Waals surface area (Å²) >= 11 is 1.40. The Morgan fingerprint density at radius 2 is 2.37 bits per heavy atom. The van der Waals surface area contributed by atoms with Crippen molar-refractivity contribution in [3.63, 3.8) is 0 Å². The topological polar surface area (TPSA) is 68.5 Å². The summed E-state index contributed by atoms with van der Waals surface area (Å²) in [5.41, 5.74) is 0.719. The zero-order valence-electron chi connectivity index (χ0n) is 11.2. The van der Waals surface area contributed by atoms with E-state index in [0.29, 0.717) is 16.7 Å². The van der Waals surface area contributed by atoms with Crippen molar-refractivity contribution in [2.45, 2.75) is 26.2 Å². The van der Waals surface area contributed by atoms with Gasteiger partial charge in [0.25, 0.3) is 5.56 Å². The molecule has 0 saturated carbocycles. The third-order valence-corrected chi connectivity index (χ3v) is 3.47. The highest BCUT2D eigenvalue weighted by molar-refractivity contribution is 7.20. The third kappa shape index (κ3) is 3.51. The van der Waals surface area contributed by atoms with E-state index in [4.69, 9.17) is 4.74 Å². The Bertz CT molecular complexity index is 593. The minimum Gasteiger partial charge on any atom is -0.385 e. The second-order valence-electron chi connectivity index (χ2n) is 4.21. The lowest BCUT2D eigenvalue weighted by Gasteiger charge is -1.99. The quantitative estimate of drug-likeness (QED) is 0.780. The van der Waals surface area contributed by atoms with Gasteiger partial charge in [0.15, 0.2) is 0 Å². The molecule has 0 atom stereocenters. The molecule has 0 spiro atoms. The molecule has 1 N–H and O–H groups in total. The molecule has 104 valence electrons. The van der Waals surface area contributed by atoms with Gasteiger partial charge in [-0.3, -0.25) is 4.79 Å². The lowest BCUT2D eigenvalue weighted by Crippen LogP contribution is -2.15. The average molecular weight is 282 g/mol. The van der Waals surface area contributed by atoms with E-state index < -0.39 is 0 Å². The Morgan fingerprint density at radius 3 is 3.11 bits per heavy atom. The number of aryl methyl sites for hydroxylation is 1. The molecule has 2 heterocycles. The predicted molar refractivity (Wildman–Crippen MR) is 76.1 cm³/mol. The smallest absolute Gasteiger partial charge is 0.275 e. The molecule has 2 aromatic rings. The summed E-state index contributed by atoms with van der Waals surface area (Å²) < 4.78 is 6.33. The second kappa shape index (κ2) is 6.63. The number of methoxy groups -OCH3 is 1. The van der Waals surface area contributed by atoms with Crippen molar-refractivity contribution in [3.8, 4) is 0 Å². The van der Waals surface area contributed by atoms with Gasteiger partial charge in [-0.05, 0) is 12.8 Å². The van der Waals surface area contributed by atoms with Gasteiger partial charge in [0.1, 0.15) is 0 Å². The van der Waals surface area contributed by atoms with Crippen molar-refractivity contribution in [1.29, 1.82) is 0 Å². The summed E-state index contributed by atoms with van der Waals surface area (Å²) in [6.07, 6.45) is 2.69. The number of nitrogens with one attached hydrogen (secondary N) is 1. The fourth-order valence-electron chi connectivity index (χ4n) is 1.72. The molecule has 0 saturated heterocycles. The SMILES string of the molecule is CCCc1cc(=O)n2nc(NCCCOC)sc2n1. The van der Waals surface area contributed by atoms with Crippen LogP contribution in [0.3, 0.4) is 0 Å². The maximum atomic E-state index is 11.9. The normalized spacial score (nSPS) is 11.1. The van der Waals surface area contributed by atoms with Crippen molar-refractivity contribution in [1.82, 2.24) is 14.6 Å². The van der Waals surface area contributed by atoms with Gasteiger partial charge in [-0.2, -0.15) is 4.52 Å². The number of hydrogen-bond donors (Lipinski definition) is 1. The molecule has 0 aliphatic heterocycles. The van der Waals surface area contributed by atoms with Gasteiger partial charge < -0.3 is 10.1 Å². The van der Waals surface area contributed by atoms with Gasteiger partial charge in [0, 0.05) is 32.0 Å². The molecule has 0 aliphatic rings. The van der Waals surface area contributed by atoms with Gasteiger partial charge in [-0.25, -0.2) is 4.98 Å². The van der Waals surface area contributed by atoms with Gasteiger partial charge in [-0.15, -0.1) is 5.10 Å². The van der Waals surface area contributed by atoms with Crippen LogP contribution in [0.5, 0.6) is 0 Å². The number of aromatic nitrogens is 3. The maximum Gasteiger partial charge on any atom is 0.275 e. The van der Waals surface area contributed by atoms with E-state index in [-0.39, 0.29) is 5.56 Å². The summed E-state index contributed by atoms with van der Waals surface area (Å²) in [5.74, 6) is 0. The highest BCUT2D eigenvalue weighted by atomic mass is 32.1. The summed E-state index contributed by atoms with van der Waals surface area (Å²) in [5, 5.41) is 8.11. The highest BCUT2D eigenvalue weighted by Crippen LogP contribution is 2.16. The molecule has 0 aliphatic carbocycles. The van der Waals surface area contributed by atoms with Crippen molar-refractivity contribution in [3.05, 3.63) is 22.1 Å². The van der Waals surface area contributed by atoms with Crippen LogP contribution in [-0.2, 0) is 11.2 Å². The molecule has 6 nitrogen and oxygen atoms in total. The van der Waals surface area contributed by atoms with E-state index in [9.17, 15) is 4.79 Å². The van der Waals surface area contributed by atoms with Gasteiger partial charge >= 0.3 is 0 Å². The lowest BCUT2D eigenvalue weighted by atomic mass is 10.2. The molecule has 0 unspecified atom stereocenters. The van der Waals surface area contributed by atoms with Crippen LogP contribution in [-0.4, -0.2) is 34.9 Å². The molecule has 0 bridgehead atoms.